The van der Waals surface area contributed by atoms with Crippen molar-refractivity contribution in [1.82, 2.24) is 31.0 Å². The molecule has 1 aromatic carbocycles. The Morgan fingerprint density at radius 1 is 1.17 bits per heavy atom. The van der Waals surface area contributed by atoms with Gasteiger partial charge in [0.05, 0.1) is 12.1 Å². The molecule has 2 heterocycles. The first kappa shape index (κ1) is 17.8. The first-order valence-corrected chi connectivity index (χ1v) is 10.0. The van der Waals surface area contributed by atoms with Crippen LogP contribution < -0.4 is 10.6 Å². The minimum Gasteiger partial charge on any atom is -0.348 e. The summed E-state index contributed by atoms with van der Waals surface area (Å²) in [5, 5.41) is 17.6. The molecule has 2 aromatic heterocycles. The van der Waals surface area contributed by atoms with Gasteiger partial charge in [-0.15, -0.1) is 0 Å². The highest BCUT2D eigenvalue weighted by molar-refractivity contribution is 6.04. The standard InChI is InChI=1S/C20H22N6O3/c27-18(21-10-16-23-20(29-26-16)11-5-6-11)12-7-8-13(9-12)22-19(28)17-14-3-1-2-4-15(14)24-25-17/h1-4,11-13H,5-10H2,(H,21,27)(H,22,28)(H,24,25)/t12-,13+/m0/s1. The van der Waals surface area contributed by atoms with Crippen LogP contribution in [-0.4, -0.2) is 38.2 Å². The Morgan fingerprint density at radius 3 is 2.90 bits per heavy atom. The summed E-state index contributed by atoms with van der Waals surface area (Å²) in [6, 6.07) is 7.48. The summed E-state index contributed by atoms with van der Waals surface area (Å²) in [6.45, 7) is 0.266. The number of nitrogens with one attached hydrogen (secondary N) is 3. The van der Waals surface area contributed by atoms with Gasteiger partial charge in [-0.2, -0.15) is 10.1 Å². The molecule has 0 aliphatic heterocycles. The van der Waals surface area contributed by atoms with Gasteiger partial charge in [-0.1, -0.05) is 23.4 Å². The SMILES string of the molecule is O=C(N[C@@H]1CC[C@H](C(=O)NCc2noc(C3CC3)n2)C1)c1n[nH]c2ccccc12. The number of carbonyl (C=O) groups excluding carboxylic acids is 2. The lowest BCUT2D eigenvalue weighted by atomic mass is 10.1. The molecule has 150 valence electrons. The number of hydrogen-bond acceptors (Lipinski definition) is 6. The summed E-state index contributed by atoms with van der Waals surface area (Å²) in [6.07, 6.45) is 4.30. The Hall–Kier alpha value is -3.23. The van der Waals surface area contributed by atoms with Crippen molar-refractivity contribution in [2.75, 3.05) is 0 Å². The van der Waals surface area contributed by atoms with Crippen molar-refractivity contribution in [2.45, 2.75) is 50.6 Å². The molecule has 0 saturated heterocycles. The highest BCUT2D eigenvalue weighted by atomic mass is 16.5. The zero-order valence-corrected chi connectivity index (χ0v) is 15.9. The molecule has 0 bridgehead atoms. The van der Waals surface area contributed by atoms with Crippen LogP contribution in [0, 0.1) is 5.92 Å². The van der Waals surface area contributed by atoms with Crippen molar-refractivity contribution in [3.63, 3.8) is 0 Å². The van der Waals surface area contributed by atoms with E-state index in [1.54, 1.807) is 0 Å². The second-order valence-electron chi connectivity index (χ2n) is 7.84. The first-order chi connectivity index (χ1) is 14.2. The summed E-state index contributed by atoms with van der Waals surface area (Å²) < 4.78 is 5.20. The fraction of sp³-hybridized carbons (Fsp3) is 0.450. The van der Waals surface area contributed by atoms with Gasteiger partial charge < -0.3 is 15.2 Å². The van der Waals surface area contributed by atoms with Crippen LogP contribution in [0.2, 0.25) is 0 Å². The van der Waals surface area contributed by atoms with Crippen molar-refractivity contribution in [3.05, 3.63) is 41.7 Å². The van der Waals surface area contributed by atoms with E-state index in [9.17, 15) is 9.59 Å². The van der Waals surface area contributed by atoms with E-state index < -0.39 is 0 Å². The molecular weight excluding hydrogens is 372 g/mol. The van der Waals surface area contributed by atoms with Crippen LogP contribution in [0.5, 0.6) is 0 Å². The predicted octanol–water partition coefficient (Wildman–Crippen LogP) is 2.04. The van der Waals surface area contributed by atoms with Gasteiger partial charge in [0, 0.05) is 23.3 Å². The van der Waals surface area contributed by atoms with Crippen molar-refractivity contribution >= 4 is 22.7 Å². The third-order valence-corrected chi connectivity index (χ3v) is 5.66. The highest BCUT2D eigenvalue weighted by Gasteiger charge is 2.32. The summed E-state index contributed by atoms with van der Waals surface area (Å²) in [7, 11) is 0. The van der Waals surface area contributed by atoms with Crippen molar-refractivity contribution in [3.8, 4) is 0 Å². The number of carbonyl (C=O) groups is 2. The van der Waals surface area contributed by atoms with E-state index in [1.807, 2.05) is 24.3 Å². The largest absolute Gasteiger partial charge is 0.348 e. The number of rotatable bonds is 6. The number of benzene rings is 1. The zero-order valence-electron chi connectivity index (χ0n) is 15.9. The fourth-order valence-electron chi connectivity index (χ4n) is 3.89. The number of nitrogens with zero attached hydrogens (tertiary/aromatic N) is 3. The summed E-state index contributed by atoms with van der Waals surface area (Å²) in [4.78, 5) is 29.4. The highest BCUT2D eigenvalue weighted by Crippen LogP contribution is 2.38. The minimum absolute atomic E-state index is 0.0373. The molecule has 0 radical (unpaired) electrons. The lowest BCUT2D eigenvalue weighted by Crippen LogP contribution is -2.35. The number of aromatic amines is 1. The molecule has 9 heteroatoms. The summed E-state index contributed by atoms with van der Waals surface area (Å²) in [5.41, 5.74) is 1.21. The molecule has 2 aliphatic rings. The van der Waals surface area contributed by atoms with Gasteiger partial charge in [-0.3, -0.25) is 14.7 Å². The molecule has 3 aromatic rings. The maximum Gasteiger partial charge on any atom is 0.272 e. The van der Waals surface area contributed by atoms with Gasteiger partial charge in [0.15, 0.2) is 11.5 Å². The molecule has 2 amide bonds. The number of para-hydroxylation sites is 1. The van der Waals surface area contributed by atoms with Crippen LogP contribution in [0.1, 0.15) is 60.2 Å². The van der Waals surface area contributed by atoms with Gasteiger partial charge >= 0.3 is 0 Å². The maximum atomic E-state index is 12.6. The molecule has 2 fully saturated rings. The quantitative estimate of drug-likeness (QED) is 0.587. The van der Waals surface area contributed by atoms with E-state index in [4.69, 9.17) is 4.52 Å². The Labute approximate surface area is 166 Å². The van der Waals surface area contributed by atoms with Gasteiger partial charge in [0.25, 0.3) is 5.91 Å². The topological polar surface area (TPSA) is 126 Å². The van der Waals surface area contributed by atoms with Crippen molar-refractivity contribution < 1.29 is 14.1 Å². The molecule has 2 saturated carbocycles. The normalized spacial score (nSPS) is 21.4. The van der Waals surface area contributed by atoms with Gasteiger partial charge in [0.2, 0.25) is 11.8 Å². The van der Waals surface area contributed by atoms with E-state index in [-0.39, 0.29) is 30.3 Å². The van der Waals surface area contributed by atoms with Crippen molar-refractivity contribution in [1.29, 1.82) is 0 Å². The van der Waals surface area contributed by atoms with E-state index >= 15 is 0 Å². The minimum atomic E-state index is -0.215. The molecule has 9 nitrogen and oxygen atoms in total. The predicted molar refractivity (Wildman–Crippen MR) is 103 cm³/mol. The van der Waals surface area contributed by atoms with Crippen LogP contribution in [0.25, 0.3) is 10.9 Å². The molecular formula is C20H22N6O3. The number of H-pyrrole nitrogens is 1. The number of aromatic nitrogens is 4. The van der Waals surface area contributed by atoms with Crippen LogP contribution in [0.15, 0.2) is 28.8 Å². The Bertz CT molecular complexity index is 1050. The Morgan fingerprint density at radius 2 is 2.03 bits per heavy atom. The third kappa shape index (κ3) is 3.72. The average Bonchev–Trinajstić information content (AvgIpc) is 3.14. The van der Waals surface area contributed by atoms with E-state index in [0.29, 0.717) is 29.7 Å². The number of hydrogen-bond donors (Lipinski definition) is 3. The third-order valence-electron chi connectivity index (χ3n) is 5.66. The first-order valence-electron chi connectivity index (χ1n) is 10.0. The Balaban J connectivity index is 1.13. The monoisotopic (exact) mass is 394 g/mol. The molecule has 5 rings (SSSR count). The lowest BCUT2D eigenvalue weighted by Gasteiger charge is -2.12. The lowest BCUT2D eigenvalue weighted by molar-refractivity contribution is -0.125. The van der Waals surface area contributed by atoms with Crippen molar-refractivity contribution in [2.24, 2.45) is 5.92 Å². The fourth-order valence-corrected chi connectivity index (χ4v) is 3.89. The second-order valence-corrected chi connectivity index (χ2v) is 7.84. The summed E-state index contributed by atoms with van der Waals surface area (Å²) in [5.74, 6) is 1.19. The van der Waals surface area contributed by atoms with Gasteiger partial charge in [-0.05, 0) is 38.2 Å². The van der Waals surface area contributed by atoms with Crippen LogP contribution >= 0.6 is 0 Å². The zero-order chi connectivity index (χ0) is 19.8. The summed E-state index contributed by atoms with van der Waals surface area (Å²) >= 11 is 0. The Kier molecular flexibility index (Phi) is 4.49. The number of fused-ring (bicyclic) bond motifs is 1. The maximum absolute atomic E-state index is 12.6. The van der Waals surface area contributed by atoms with E-state index in [1.165, 1.54) is 0 Å². The second kappa shape index (κ2) is 7.31. The number of amides is 2. The van der Waals surface area contributed by atoms with Gasteiger partial charge in [0.1, 0.15) is 0 Å². The van der Waals surface area contributed by atoms with Crippen LogP contribution in [0.3, 0.4) is 0 Å². The van der Waals surface area contributed by atoms with Crippen LogP contribution in [0.4, 0.5) is 0 Å². The molecule has 0 unspecified atom stereocenters. The van der Waals surface area contributed by atoms with Gasteiger partial charge in [-0.25, -0.2) is 0 Å². The smallest absolute Gasteiger partial charge is 0.272 e. The molecule has 2 aliphatic carbocycles. The van der Waals surface area contributed by atoms with E-state index in [2.05, 4.69) is 31.0 Å². The van der Waals surface area contributed by atoms with Crippen LogP contribution in [-0.2, 0) is 11.3 Å². The molecule has 0 spiro atoms. The molecule has 3 N–H and O–H groups in total. The molecule has 29 heavy (non-hydrogen) atoms. The van der Waals surface area contributed by atoms with E-state index in [0.717, 1.165) is 36.6 Å². The average molecular weight is 394 g/mol. The molecule has 2 atom stereocenters.